The van der Waals surface area contributed by atoms with Gasteiger partial charge in [-0.15, -0.1) is 0 Å². The van der Waals surface area contributed by atoms with Gasteiger partial charge in [0.15, 0.2) is 0 Å². The fourth-order valence-electron chi connectivity index (χ4n) is 3.45. The third-order valence-electron chi connectivity index (χ3n) is 4.89. The van der Waals surface area contributed by atoms with E-state index in [0.29, 0.717) is 12.1 Å². The molecular weight excluding hydrogens is 366 g/mol. The van der Waals surface area contributed by atoms with Gasteiger partial charge in [0.05, 0.1) is 13.2 Å². The van der Waals surface area contributed by atoms with Crippen LogP contribution in [0, 0.1) is 0 Å². The molecule has 146 valence electrons. The smallest absolute Gasteiger partial charge is 0.336 e. The Morgan fingerprint density at radius 1 is 0.966 bits per heavy atom. The van der Waals surface area contributed by atoms with Crippen LogP contribution in [-0.2, 0) is 6.54 Å². The van der Waals surface area contributed by atoms with Crippen molar-refractivity contribution < 1.29 is 14.3 Å². The molecule has 0 aliphatic rings. The lowest BCUT2D eigenvalue weighted by atomic mass is 9.98. The Labute approximate surface area is 168 Å². The van der Waals surface area contributed by atoms with Gasteiger partial charge in [0.2, 0.25) is 0 Å². The zero-order valence-corrected chi connectivity index (χ0v) is 16.0. The van der Waals surface area contributed by atoms with E-state index in [1.54, 1.807) is 19.2 Å². The molecule has 0 bridgehead atoms. The Morgan fingerprint density at radius 3 is 2.41 bits per heavy atom. The molecule has 1 atom stereocenters. The molecule has 0 amide bonds. The molecule has 0 fully saturated rings. The molecule has 5 heteroatoms. The summed E-state index contributed by atoms with van der Waals surface area (Å²) in [7, 11) is 1.64. The number of methoxy groups -OCH3 is 1. The quantitative estimate of drug-likeness (QED) is 0.480. The number of phenolic OH excluding ortho intramolecular Hbond substituents is 1. The minimum absolute atomic E-state index is 0.0613. The summed E-state index contributed by atoms with van der Waals surface area (Å²) in [5, 5.41) is 14.0. The van der Waals surface area contributed by atoms with Gasteiger partial charge in [0, 0.05) is 24.1 Å². The van der Waals surface area contributed by atoms with Gasteiger partial charge in [-0.05, 0) is 41.0 Å². The summed E-state index contributed by atoms with van der Waals surface area (Å²) in [6.07, 6.45) is 0. The van der Waals surface area contributed by atoms with E-state index in [2.05, 4.69) is 17.4 Å². The van der Waals surface area contributed by atoms with Crippen LogP contribution < -0.4 is 15.7 Å². The zero-order chi connectivity index (χ0) is 20.2. The first-order valence-electron chi connectivity index (χ1n) is 9.32. The van der Waals surface area contributed by atoms with Crippen molar-refractivity contribution in [3.63, 3.8) is 0 Å². The largest absolute Gasteiger partial charge is 0.508 e. The molecule has 4 rings (SSSR count). The van der Waals surface area contributed by atoms with E-state index in [1.807, 2.05) is 42.5 Å². The van der Waals surface area contributed by atoms with Crippen molar-refractivity contribution in [1.29, 1.82) is 0 Å². The van der Waals surface area contributed by atoms with E-state index < -0.39 is 5.63 Å². The number of nitrogens with one attached hydrogen (secondary N) is 1. The van der Waals surface area contributed by atoms with Gasteiger partial charge in [-0.1, -0.05) is 42.5 Å². The first kappa shape index (κ1) is 18.8. The fraction of sp³-hybridized carbons (Fsp3) is 0.125. The van der Waals surface area contributed by atoms with Crippen LogP contribution in [0.4, 0.5) is 0 Å². The van der Waals surface area contributed by atoms with Crippen LogP contribution >= 0.6 is 0 Å². The normalized spacial score (nSPS) is 12.0. The second-order valence-electron chi connectivity index (χ2n) is 6.77. The van der Waals surface area contributed by atoms with Crippen LogP contribution in [0.2, 0.25) is 0 Å². The van der Waals surface area contributed by atoms with Crippen molar-refractivity contribution in [2.24, 2.45) is 0 Å². The fourth-order valence-corrected chi connectivity index (χ4v) is 3.45. The molecule has 0 spiro atoms. The molecule has 0 unspecified atom stereocenters. The second kappa shape index (κ2) is 8.20. The Hall–Kier alpha value is -3.57. The summed E-state index contributed by atoms with van der Waals surface area (Å²) in [6.45, 7) is 0.457. The zero-order valence-electron chi connectivity index (χ0n) is 16.0. The average molecular weight is 387 g/mol. The first-order chi connectivity index (χ1) is 14.1. The molecule has 0 saturated carbocycles. The summed E-state index contributed by atoms with van der Waals surface area (Å²) in [5.74, 6) is 0.859. The van der Waals surface area contributed by atoms with Crippen LogP contribution in [0.15, 0.2) is 88.1 Å². The number of rotatable bonds is 6. The Kier molecular flexibility index (Phi) is 5.31. The van der Waals surface area contributed by atoms with Crippen LogP contribution in [0.3, 0.4) is 0 Å². The summed E-state index contributed by atoms with van der Waals surface area (Å²) in [4.78, 5) is 12.0. The molecule has 2 N–H and O–H groups in total. The monoisotopic (exact) mass is 387 g/mol. The van der Waals surface area contributed by atoms with Crippen LogP contribution in [-0.4, -0.2) is 12.2 Å². The number of hydrogen-bond acceptors (Lipinski definition) is 5. The van der Waals surface area contributed by atoms with E-state index >= 15 is 0 Å². The highest BCUT2D eigenvalue weighted by Gasteiger charge is 2.15. The SMILES string of the molecule is COc1ccc([C@@H](NCc2cc(=O)oc3cc(O)ccc23)c2ccccc2)cc1. The van der Waals surface area contributed by atoms with Crippen LogP contribution in [0.25, 0.3) is 11.0 Å². The van der Waals surface area contributed by atoms with Crippen LogP contribution in [0.1, 0.15) is 22.7 Å². The second-order valence-corrected chi connectivity index (χ2v) is 6.77. The van der Waals surface area contributed by atoms with E-state index in [-0.39, 0.29) is 11.8 Å². The molecule has 0 aliphatic heterocycles. The molecule has 3 aromatic carbocycles. The Balaban J connectivity index is 1.68. The van der Waals surface area contributed by atoms with Gasteiger partial charge in [-0.25, -0.2) is 4.79 Å². The molecule has 0 radical (unpaired) electrons. The maximum absolute atomic E-state index is 12.0. The number of benzene rings is 3. The third-order valence-corrected chi connectivity index (χ3v) is 4.89. The van der Waals surface area contributed by atoms with E-state index in [0.717, 1.165) is 27.8 Å². The molecule has 4 aromatic rings. The van der Waals surface area contributed by atoms with Gasteiger partial charge in [0.25, 0.3) is 0 Å². The summed E-state index contributed by atoms with van der Waals surface area (Å²) in [6, 6.07) is 24.3. The molecule has 29 heavy (non-hydrogen) atoms. The van der Waals surface area contributed by atoms with Crippen LogP contribution in [0.5, 0.6) is 11.5 Å². The van der Waals surface area contributed by atoms with Crippen molar-refractivity contribution in [3.05, 3.63) is 106 Å². The molecule has 0 aliphatic carbocycles. The van der Waals surface area contributed by atoms with Gasteiger partial charge in [-0.3, -0.25) is 0 Å². The number of ether oxygens (including phenoxy) is 1. The molecule has 1 aromatic heterocycles. The maximum Gasteiger partial charge on any atom is 0.336 e. The van der Waals surface area contributed by atoms with Gasteiger partial charge < -0.3 is 19.6 Å². The van der Waals surface area contributed by atoms with Crippen molar-refractivity contribution in [2.75, 3.05) is 7.11 Å². The first-order valence-corrected chi connectivity index (χ1v) is 9.32. The lowest BCUT2D eigenvalue weighted by Crippen LogP contribution is -2.22. The summed E-state index contributed by atoms with van der Waals surface area (Å²) < 4.78 is 10.5. The highest BCUT2D eigenvalue weighted by Crippen LogP contribution is 2.26. The average Bonchev–Trinajstić information content (AvgIpc) is 2.74. The Bertz CT molecular complexity index is 1170. The highest BCUT2D eigenvalue weighted by atomic mass is 16.5. The maximum atomic E-state index is 12.0. The number of hydrogen-bond donors (Lipinski definition) is 2. The Morgan fingerprint density at radius 2 is 1.69 bits per heavy atom. The molecule has 1 heterocycles. The van der Waals surface area contributed by atoms with Crippen molar-refractivity contribution >= 4 is 11.0 Å². The molecule has 5 nitrogen and oxygen atoms in total. The van der Waals surface area contributed by atoms with Crippen molar-refractivity contribution in [2.45, 2.75) is 12.6 Å². The predicted octanol–water partition coefficient (Wildman–Crippen LogP) is 4.39. The van der Waals surface area contributed by atoms with Gasteiger partial charge in [-0.2, -0.15) is 0 Å². The highest BCUT2D eigenvalue weighted by molar-refractivity contribution is 5.81. The third kappa shape index (κ3) is 4.15. The minimum atomic E-state index is -0.444. The number of phenols is 1. The topological polar surface area (TPSA) is 71.7 Å². The number of fused-ring (bicyclic) bond motifs is 1. The van der Waals surface area contributed by atoms with E-state index in [4.69, 9.17) is 9.15 Å². The predicted molar refractivity (Wildman–Crippen MR) is 112 cm³/mol. The molecule has 0 saturated heterocycles. The minimum Gasteiger partial charge on any atom is -0.508 e. The van der Waals surface area contributed by atoms with Gasteiger partial charge >= 0.3 is 5.63 Å². The standard InChI is InChI=1S/C24H21NO4/c1-28-20-10-7-17(8-11-20)24(16-5-3-2-4-6-16)25-15-18-13-23(27)29-22-14-19(26)9-12-21(18)22/h2-14,24-26H,15H2,1H3/t24-/m0/s1. The summed E-state index contributed by atoms with van der Waals surface area (Å²) in [5.41, 5.74) is 2.94. The van der Waals surface area contributed by atoms with Crippen molar-refractivity contribution in [1.82, 2.24) is 5.32 Å². The van der Waals surface area contributed by atoms with Crippen molar-refractivity contribution in [3.8, 4) is 11.5 Å². The lowest BCUT2D eigenvalue weighted by molar-refractivity contribution is 0.414. The lowest BCUT2D eigenvalue weighted by Gasteiger charge is -2.20. The van der Waals surface area contributed by atoms with E-state index in [9.17, 15) is 9.90 Å². The number of aromatic hydroxyl groups is 1. The van der Waals surface area contributed by atoms with E-state index in [1.165, 1.54) is 12.1 Å². The molecular formula is C24H21NO4. The summed E-state index contributed by atoms with van der Waals surface area (Å²) >= 11 is 0. The van der Waals surface area contributed by atoms with Gasteiger partial charge in [0.1, 0.15) is 17.1 Å².